The third kappa shape index (κ3) is 3.37. The lowest BCUT2D eigenvalue weighted by Crippen LogP contribution is -2.29. The molecule has 0 atom stereocenters. The van der Waals surface area contributed by atoms with Crippen molar-refractivity contribution >= 4 is 6.09 Å². The average Bonchev–Trinajstić information content (AvgIpc) is 2.27. The number of ether oxygens (including phenoxy) is 1. The Morgan fingerprint density at radius 3 is 2.47 bits per heavy atom. The number of rotatable bonds is 2. The van der Waals surface area contributed by atoms with Crippen LogP contribution >= 0.6 is 0 Å². The zero-order valence-corrected chi connectivity index (χ0v) is 9.41. The molecule has 0 N–H and O–H groups in total. The van der Waals surface area contributed by atoms with Crippen LogP contribution in [0.25, 0.3) is 0 Å². The van der Waals surface area contributed by atoms with Gasteiger partial charge in [-0.1, -0.05) is 12.1 Å². The Balaban J connectivity index is 2.96. The van der Waals surface area contributed by atoms with E-state index in [4.69, 9.17) is 4.74 Å². The van der Waals surface area contributed by atoms with Crippen LogP contribution in [-0.2, 0) is 6.18 Å². The second-order valence-corrected chi connectivity index (χ2v) is 3.38. The van der Waals surface area contributed by atoms with E-state index in [2.05, 4.69) is 0 Å². The van der Waals surface area contributed by atoms with Gasteiger partial charge in [-0.15, -0.1) is 0 Å². The molecule has 0 aliphatic heterocycles. The molecule has 0 unspecified atom stereocenters. The van der Waals surface area contributed by atoms with E-state index in [1.54, 1.807) is 6.92 Å². The molecule has 0 aliphatic carbocycles. The molecular formula is C11H12F3NO2. The summed E-state index contributed by atoms with van der Waals surface area (Å²) >= 11 is 0. The third-order valence-electron chi connectivity index (χ3n) is 2.18. The lowest BCUT2D eigenvalue weighted by atomic mass is 10.2. The second kappa shape index (κ2) is 5.07. The second-order valence-electron chi connectivity index (χ2n) is 3.38. The van der Waals surface area contributed by atoms with E-state index in [-0.39, 0.29) is 0 Å². The first-order chi connectivity index (χ1) is 7.86. The first-order valence-corrected chi connectivity index (χ1v) is 4.95. The van der Waals surface area contributed by atoms with Gasteiger partial charge in [-0.2, -0.15) is 13.2 Å². The number of alkyl halides is 3. The molecule has 0 saturated heterocycles. The van der Waals surface area contributed by atoms with Crippen molar-refractivity contribution in [2.24, 2.45) is 0 Å². The molecule has 1 aromatic carbocycles. The van der Waals surface area contributed by atoms with Crippen LogP contribution in [0.2, 0.25) is 0 Å². The Morgan fingerprint density at radius 2 is 1.94 bits per heavy atom. The third-order valence-corrected chi connectivity index (χ3v) is 2.18. The Hall–Kier alpha value is -1.72. The fraction of sp³-hybridized carbons (Fsp3) is 0.364. The maximum atomic E-state index is 12.6. The molecule has 0 aliphatic rings. The summed E-state index contributed by atoms with van der Waals surface area (Å²) in [7, 11) is 1.44. The molecule has 0 heterocycles. The fourth-order valence-corrected chi connectivity index (χ4v) is 1.09. The van der Waals surface area contributed by atoms with Crippen molar-refractivity contribution in [1.82, 2.24) is 4.90 Å². The zero-order chi connectivity index (χ0) is 13.1. The SMILES string of the molecule is CCN(C)C(=O)Oc1ccccc1C(F)(F)F. The quantitative estimate of drug-likeness (QED) is 0.803. The summed E-state index contributed by atoms with van der Waals surface area (Å²) in [6.07, 6.45) is -5.36. The summed E-state index contributed by atoms with van der Waals surface area (Å²) in [5.74, 6) is -0.481. The molecule has 1 amide bonds. The van der Waals surface area contributed by atoms with Crippen LogP contribution in [0.4, 0.5) is 18.0 Å². The van der Waals surface area contributed by atoms with Crippen LogP contribution < -0.4 is 4.74 Å². The van der Waals surface area contributed by atoms with E-state index in [9.17, 15) is 18.0 Å². The standard InChI is InChI=1S/C11H12F3NO2/c1-3-15(2)10(16)17-9-7-5-4-6-8(9)11(12,13)14/h4-7H,3H2,1-2H3. The highest BCUT2D eigenvalue weighted by atomic mass is 19.4. The first-order valence-electron chi connectivity index (χ1n) is 4.95. The molecule has 3 nitrogen and oxygen atoms in total. The lowest BCUT2D eigenvalue weighted by molar-refractivity contribution is -0.138. The van der Waals surface area contributed by atoms with Crippen molar-refractivity contribution in [1.29, 1.82) is 0 Å². The van der Waals surface area contributed by atoms with Gasteiger partial charge in [0, 0.05) is 13.6 Å². The Morgan fingerprint density at radius 1 is 1.35 bits per heavy atom. The number of halogens is 3. The van der Waals surface area contributed by atoms with Gasteiger partial charge in [0.1, 0.15) is 5.75 Å². The van der Waals surface area contributed by atoms with Gasteiger partial charge in [0.25, 0.3) is 0 Å². The molecule has 0 bridgehead atoms. The number of hydrogen-bond acceptors (Lipinski definition) is 2. The van der Waals surface area contributed by atoms with Gasteiger partial charge in [-0.25, -0.2) is 4.79 Å². The molecule has 0 radical (unpaired) electrons. The van der Waals surface area contributed by atoms with Crippen molar-refractivity contribution in [3.05, 3.63) is 29.8 Å². The summed E-state index contributed by atoms with van der Waals surface area (Å²) in [6.45, 7) is 2.05. The molecule has 0 spiro atoms. The van der Waals surface area contributed by atoms with Crippen LogP contribution in [0.1, 0.15) is 12.5 Å². The van der Waals surface area contributed by atoms with Crippen molar-refractivity contribution in [2.45, 2.75) is 13.1 Å². The highest BCUT2D eigenvalue weighted by Crippen LogP contribution is 2.35. The normalized spacial score (nSPS) is 11.1. The van der Waals surface area contributed by atoms with Crippen LogP contribution in [0.5, 0.6) is 5.75 Å². The van der Waals surface area contributed by atoms with E-state index in [1.807, 2.05) is 0 Å². The minimum absolute atomic E-state index is 0.354. The summed E-state index contributed by atoms with van der Waals surface area (Å²) in [4.78, 5) is 12.5. The van der Waals surface area contributed by atoms with Gasteiger partial charge in [-0.3, -0.25) is 0 Å². The van der Waals surface area contributed by atoms with Gasteiger partial charge in [0.2, 0.25) is 0 Å². The topological polar surface area (TPSA) is 29.5 Å². The van der Waals surface area contributed by atoms with Crippen molar-refractivity contribution in [2.75, 3.05) is 13.6 Å². The van der Waals surface area contributed by atoms with E-state index in [0.29, 0.717) is 6.54 Å². The van der Waals surface area contributed by atoms with Crippen molar-refractivity contribution < 1.29 is 22.7 Å². The average molecular weight is 247 g/mol. The lowest BCUT2D eigenvalue weighted by Gasteiger charge is -2.17. The maximum absolute atomic E-state index is 12.6. The first kappa shape index (κ1) is 13.3. The molecule has 17 heavy (non-hydrogen) atoms. The summed E-state index contributed by atoms with van der Waals surface area (Å²) < 4.78 is 42.4. The number of benzene rings is 1. The van der Waals surface area contributed by atoms with E-state index >= 15 is 0 Å². The summed E-state index contributed by atoms with van der Waals surface area (Å²) in [6, 6.07) is 4.60. The number of hydrogen-bond donors (Lipinski definition) is 0. The highest BCUT2D eigenvalue weighted by Gasteiger charge is 2.34. The van der Waals surface area contributed by atoms with Gasteiger partial charge in [-0.05, 0) is 19.1 Å². The predicted octanol–water partition coefficient (Wildman–Crippen LogP) is 3.16. The van der Waals surface area contributed by atoms with Gasteiger partial charge < -0.3 is 9.64 Å². The van der Waals surface area contributed by atoms with E-state index in [0.717, 1.165) is 12.1 Å². The van der Waals surface area contributed by atoms with E-state index in [1.165, 1.54) is 24.1 Å². The number of carbonyl (C=O) groups is 1. The van der Waals surface area contributed by atoms with Crippen LogP contribution in [0.3, 0.4) is 0 Å². The molecule has 0 saturated carbocycles. The van der Waals surface area contributed by atoms with Crippen molar-refractivity contribution in [3.8, 4) is 5.75 Å². The Bertz CT molecular complexity index is 404. The molecule has 1 rings (SSSR count). The monoisotopic (exact) mass is 247 g/mol. The summed E-state index contributed by atoms with van der Waals surface area (Å²) in [5, 5.41) is 0. The van der Waals surface area contributed by atoms with Crippen molar-refractivity contribution in [3.63, 3.8) is 0 Å². The molecule has 6 heteroatoms. The molecule has 1 aromatic rings. The smallest absolute Gasteiger partial charge is 0.410 e. The van der Waals surface area contributed by atoms with Gasteiger partial charge >= 0.3 is 12.3 Å². The highest BCUT2D eigenvalue weighted by molar-refractivity contribution is 5.70. The molecule has 94 valence electrons. The largest absolute Gasteiger partial charge is 0.419 e. The molecule has 0 fully saturated rings. The maximum Gasteiger partial charge on any atom is 0.419 e. The van der Waals surface area contributed by atoms with Crippen LogP contribution in [0, 0.1) is 0 Å². The van der Waals surface area contributed by atoms with Gasteiger partial charge in [0.15, 0.2) is 0 Å². The number of para-hydroxylation sites is 1. The molecule has 0 aromatic heterocycles. The molecular weight excluding hydrogens is 235 g/mol. The van der Waals surface area contributed by atoms with Gasteiger partial charge in [0.05, 0.1) is 5.56 Å². The van der Waals surface area contributed by atoms with Crippen LogP contribution in [-0.4, -0.2) is 24.6 Å². The fourth-order valence-electron chi connectivity index (χ4n) is 1.09. The minimum Gasteiger partial charge on any atom is -0.410 e. The Labute approximate surface area is 96.8 Å². The number of nitrogens with zero attached hydrogens (tertiary/aromatic N) is 1. The Kier molecular flexibility index (Phi) is 3.98. The van der Waals surface area contributed by atoms with E-state index < -0.39 is 23.6 Å². The summed E-state index contributed by atoms with van der Waals surface area (Å²) in [5.41, 5.74) is -0.960. The van der Waals surface area contributed by atoms with Crippen LogP contribution in [0.15, 0.2) is 24.3 Å². The number of carbonyl (C=O) groups excluding carboxylic acids is 1. The number of amides is 1. The zero-order valence-electron chi connectivity index (χ0n) is 9.41. The predicted molar refractivity (Wildman–Crippen MR) is 55.8 cm³/mol. The minimum atomic E-state index is -4.54.